The first-order chi connectivity index (χ1) is 17.0. The third-order valence-corrected chi connectivity index (χ3v) is 5.38. The van der Waals surface area contributed by atoms with Crippen molar-refractivity contribution in [3.05, 3.63) is 59.2 Å². The molecule has 8 nitrogen and oxygen atoms in total. The second-order valence-electron chi connectivity index (χ2n) is 8.04. The zero-order valence-electron chi connectivity index (χ0n) is 20.5. The lowest BCUT2D eigenvalue weighted by atomic mass is 10.0. The molecule has 0 bridgehead atoms. The quantitative estimate of drug-likeness (QED) is 0.210. The predicted molar refractivity (Wildman–Crippen MR) is 133 cm³/mol. The number of para-hydroxylation sites is 1. The van der Waals surface area contributed by atoms with Crippen LogP contribution in [0.2, 0.25) is 0 Å². The number of rotatable bonds is 12. The van der Waals surface area contributed by atoms with Crippen LogP contribution in [0.1, 0.15) is 50.7 Å². The summed E-state index contributed by atoms with van der Waals surface area (Å²) >= 11 is 0. The molecular weight excluding hydrogens is 448 g/mol. The van der Waals surface area contributed by atoms with Crippen molar-refractivity contribution in [2.75, 3.05) is 24.8 Å². The summed E-state index contributed by atoms with van der Waals surface area (Å²) in [6.07, 6.45) is 4.02. The number of anilines is 1. The van der Waals surface area contributed by atoms with Crippen molar-refractivity contribution in [3.8, 4) is 11.5 Å². The van der Waals surface area contributed by atoms with Crippen LogP contribution < -0.4 is 19.9 Å². The number of unbranched alkanes of at least 4 members (excludes halogenated alkanes) is 1. The Kier molecular flexibility index (Phi) is 9.29. The molecule has 186 valence electrons. The fourth-order valence-corrected chi connectivity index (χ4v) is 3.62. The zero-order chi connectivity index (χ0) is 25.2. The summed E-state index contributed by atoms with van der Waals surface area (Å²) in [6, 6.07) is 12.5. The van der Waals surface area contributed by atoms with E-state index in [-0.39, 0.29) is 11.5 Å². The first-order valence-corrected chi connectivity index (χ1v) is 11.9. The predicted octanol–water partition coefficient (Wildman–Crippen LogP) is 4.36. The van der Waals surface area contributed by atoms with Crippen LogP contribution in [0, 0.1) is 6.92 Å². The molecule has 0 spiro atoms. The third-order valence-electron chi connectivity index (χ3n) is 5.38. The van der Waals surface area contributed by atoms with Crippen LogP contribution in [0.5, 0.6) is 11.5 Å². The smallest absolute Gasteiger partial charge is 0.305 e. The van der Waals surface area contributed by atoms with Crippen LogP contribution in [-0.2, 0) is 19.1 Å². The fourth-order valence-electron chi connectivity index (χ4n) is 3.62. The van der Waals surface area contributed by atoms with Gasteiger partial charge >= 0.3 is 5.97 Å². The number of esters is 1. The molecule has 1 aliphatic heterocycles. The SMILES string of the molecule is CCCOc1ccc(C=C2C(=O)NN(c3ccccc3)C2=O)c(OCCCCC(=O)OCC)c1C. The molecule has 2 aromatic rings. The number of benzene rings is 2. The topological polar surface area (TPSA) is 94.2 Å². The van der Waals surface area contributed by atoms with E-state index >= 15 is 0 Å². The number of carbonyl (C=O) groups excluding carboxylic acids is 3. The lowest BCUT2D eigenvalue weighted by molar-refractivity contribution is -0.143. The molecule has 1 fully saturated rings. The van der Waals surface area contributed by atoms with Gasteiger partial charge in [-0.05, 0) is 63.5 Å². The highest BCUT2D eigenvalue weighted by Crippen LogP contribution is 2.34. The molecule has 1 aliphatic rings. The van der Waals surface area contributed by atoms with Gasteiger partial charge in [-0.25, -0.2) is 5.01 Å². The van der Waals surface area contributed by atoms with Gasteiger partial charge < -0.3 is 14.2 Å². The molecule has 0 aliphatic carbocycles. The van der Waals surface area contributed by atoms with Crippen LogP contribution in [0.3, 0.4) is 0 Å². The van der Waals surface area contributed by atoms with Crippen molar-refractivity contribution in [1.82, 2.24) is 5.43 Å². The summed E-state index contributed by atoms with van der Waals surface area (Å²) in [5.41, 5.74) is 4.59. The standard InChI is InChI=1S/C27H32N2O6/c1-4-16-34-23-15-14-20(25(19(23)3)35-17-10-9-13-24(30)33-5-2)18-22-26(31)28-29(27(22)32)21-11-7-6-8-12-21/h6-8,11-12,14-15,18H,4-5,9-10,13,16-17H2,1-3H3,(H,28,31). The fraction of sp³-hybridized carbons (Fsp3) is 0.370. The Labute approximate surface area is 205 Å². The average Bonchev–Trinajstić information content (AvgIpc) is 3.14. The molecule has 3 rings (SSSR count). The zero-order valence-corrected chi connectivity index (χ0v) is 20.5. The highest BCUT2D eigenvalue weighted by molar-refractivity contribution is 6.31. The van der Waals surface area contributed by atoms with E-state index in [4.69, 9.17) is 14.2 Å². The largest absolute Gasteiger partial charge is 0.493 e. The Morgan fingerprint density at radius 2 is 1.77 bits per heavy atom. The number of hydrazine groups is 1. The maximum Gasteiger partial charge on any atom is 0.305 e. The Morgan fingerprint density at radius 3 is 2.49 bits per heavy atom. The molecule has 0 atom stereocenters. The minimum absolute atomic E-state index is 0.0163. The number of amides is 2. The van der Waals surface area contributed by atoms with Gasteiger partial charge in [0.05, 0.1) is 25.5 Å². The van der Waals surface area contributed by atoms with Crippen LogP contribution in [0.15, 0.2) is 48.0 Å². The summed E-state index contributed by atoms with van der Waals surface area (Å²) in [7, 11) is 0. The van der Waals surface area contributed by atoms with E-state index in [2.05, 4.69) is 5.43 Å². The summed E-state index contributed by atoms with van der Waals surface area (Å²) in [6.45, 7) is 6.98. The normalized spacial score (nSPS) is 14.3. The molecule has 8 heteroatoms. The monoisotopic (exact) mass is 480 g/mol. The average molecular weight is 481 g/mol. The van der Waals surface area contributed by atoms with E-state index < -0.39 is 11.8 Å². The van der Waals surface area contributed by atoms with Crippen molar-refractivity contribution in [2.45, 2.75) is 46.5 Å². The van der Waals surface area contributed by atoms with E-state index in [1.54, 1.807) is 43.3 Å². The highest BCUT2D eigenvalue weighted by atomic mass is 16.5. The van der Waals surface area contributed by atoms with Crippen molar-refractivity contribution in [2.24, 2.45) is 0 Å². The van der Waals surface area contributed by atoms with Crippen LogP contribution in [0.4, 0.5) is 5.69 Å². The van der Waals surface area contributed by atoms with Crippen LogP contribution in [-0.4, -0.2) is 37.6 Å². The molecule has 35 heavy (non-hydrogen) atoms. The van der Waals surface area contributed by atoms with Gasteiger partial charge in [0.2, 0.25) is 0 Å². The van der Waals surface area contributed by atoms with E-state index in [0.29, 0.717) is 61.8 Å². The highest BCUT2D eigenvalue weighted by Gasteiger charge is 2.34. The van der Waals surface area contributed by atoms with Crippen molar-refractivity contribution >= 4 is 29.5 Å². The second kappa shape index (κ2) is 12.6. The van der Waals surface area contributed by atoms with Gasteiger partial charge in [0.1, 0.15) is 17.1 Å². The number of hydrogen-bond donors (Lipinski definition) is 1. The van der Waals surface area contributed by atoms with E-state index in [9.17, 15) is 14.4 Å². The van der Waals surface area contributed by atoms with Crippen molar-refractivity contribution in [1.29, 1.82) is 0 Å². The molecule has 1 saturated heterocycles. The van der Waals surface area contributed by atoms with Gasteiger partial charge in [-0.2, -0.15) is 0 Å². The first-order valence-electron chi connectivity index (χ1n) is 11.9. The molecule has 0 unspecified atom stereocenters. The van der Waals surface area contributed by atoms with Gasteiger partial charge in [-0.3, -0.25) is 19.8 Å². The maximum absolute atomic E-state index is 13.0. The number of hydrogen-bond acceptors (Lipinski definition) is 6. The second-order valence-corrected chi connectivity index (χ2v) is 8.04. The summed E-state index contributed by atoms with van der Waals surface area (Å²) in [5.74, 6) is 0.0798. The molecule has 0 aromatic heterocycles. The molecule has 2 amide bonds. The van der Waals surface area contributed by atoms with Gasteiger partial charge in [0.15, 0.2) is 0 Å². The minimum atomic E-state index is -0.483. The third kappa shape index (κ3) is 6.62. The van der Waals surface area contributed by atoms with Crippen LogP contribution >= 0.6 is 0 Å². The number of nitrogens with one attached hydrogen (secondary N) is 1. The Bertz CT molecular complexity index is 1080. The maximum atomic E-state index is 13.0. The Balaban J connectivity index is 1.81. The van der Waals surface area contributed by atoms with Crippen molar-refractivity contribution < 1.29 is 28.6 Å². The van der Waals surface area contributed by atoms with Crippen LogP contribution in [0.25, 0.3) is 6.08 Å². The Morgan fingerprint density at radius 1 is 1.00 bits per heavy atom. The van der Waals surface area contributed by atoms with Gasteiger partial charge in [0.25, 0.3) is 11.8 Å². The lowest BCUT2D eigenvalue weighted by Crippen LogP contribution is -2.35. The summed E-state index contributed by atoms with van der Waals surface area (Å²) in [5, 5.41) is 1.23. The number of ether oxygens (including phenoxy) is 3. The lowest BCUT2D eigenvalue weighted by Gasteiger charge is -2.16. The number of nitrogens with zero attached hydrogens (tertiary/aromatic N) is 1. The van der Waals surface area contributed by atoms with E-state index in [1.807, 2.05) is 26.0 Å². The molecule has 2 aromatic carbocycles. The molecule has 0 radical (unpaired) electrons. The summed E-state index contributed by atoms with van der Waals surface area (Å²) in [4.78, 5) is 37.2. The van der Waals surface area contributed by atoms with E-state index in [1.165, 1.54) is 5.01 Å². The Hall–Kier alpha value is -3.81. The van der Waals surface area contributed by atoms with E-state index in [0.717, 1.165) is 12.0 Å². The van der Waals surface area contributed by atoms with Gasteiger partial charge in [-0.1, -0.05) is 25.1 Å². The van der Waals surface area contributed by atoms with Gasteiger partial charge in [-0.15, -0.1) is 0 Å². The van der Waals surface area contributed by atoms with Crippen molar-refractivity contribution in [3.63, 3.8) is 0 Å². The molecular formula is C27H32N2O6. The molecule has 1 N–H and O–H groups in total. The minimum Gasteiger partial charge on any atom is -0.493 e. The molecule has 0 saturated carbocycles. The first kappa shape index (κ1) is 25.8. The number of carbonyl (C=O) groups is 3. The molecule has 1 heterocycles. The van der Waals surface area contributed by atoms with Gasteiger partial charge in [0, 0.05) is 17.5 Å². The summed E-state index contributed by atoms with van der Waals surface area (Å²) < 4.78 is 16.9.